The molecule has 2 unspecified atom stereocenters. The van der Waals surface area contributed by atoms with Gasteiger partial charge >= 0.3 is 0 Å². The molecule has 5 aromatic rings. The number of aliphatic hydroxyl groups excluding tert-OH is 2. The van der Waals surface area contributed by atoms with Crippen molar-refractivity contribution in [1.29, 1.82) is 0 Å². The van der Waals surface area contributed by atoms with E-state index < -0.39 is 23.8 Å². The number of nitrogens with zero attached hydrogens (tertiary/aromatic N) is 1. The molecule has 1 heterocycles. The first-order chi connectivity index (χ1) is 20.8. The van der Waals surface area contributed by atoms with Crippen LogP contribution in [0.25, 0.3) is 22.7 Å². The molecule has 8 nitrogen and oxygen atoms in total. The van der Waals surface area contributed by atoms with Crippen molar-refractivity contribution in [3.8, 4) is 45.7 Å². The van der Waals surface area contributed by atoms with Crippen molar-refractivity contribution in [3.63, 3.8) is 0 Å². The van der Waals surface area contributed by atoms with E-state index in [0.29, 0.717) is 34.2 Å². The average molecular weight is 590 g/mol. The second kappa shape index (κ2) is 13.4. The summed E-state index contributed by atoms with van der Waals surface area (Å²) < 4.78 is 54.7. The van der Waals surface area contributed by atoms with Gasteiger partial charge in [-0.25, -0.2) is 13.8 Å². The first-order valence-electron chi connectivity index (χ1n) is 13.3. The van der Waals surface area contributed by atoms with Gasteiger partial charge in [0.2, 0.25) is 5.89 Å². The van der Waals surface area contributed by atoms with Crippen LogP contribution in [0.2, 0.25) is 0 Å². The van der Waals surface area contributed by atoms with Gasteiger partial charge in [-0.15, -0.1) is 0 Å². The molecule has 222 valence electrons. The molecule has 5 rings (SSSR count). The molecule has 0 aliphatic carbocycles. The van der Waals surface area contributed by atoms with Crippen LogP contribution in [0.3, 0.4) is 0 Å². The maximum Gasteiger partial charge on any atom is 0.226 e. The molecule has 4 aromatic carbocycles. The zero-order valence-electron chi connectivity index (χ0n) is 23.4. The van der Waals surface area contributed by atoms with E-state index in [1.807, 2.05) is 12.1 Å². The van der Waals surface area contributed by atoms with E-state index in [1.54, 1.807) is 54.8 Å². The molecule has 2 atom stereocenters. The fourth-order valence-electron chi connectivity index (χ4n) is 4.28. The number of hydrogen-bond acceptors (Lipinski definition) is 8. The third-order valence-electron chi connectivity index (χ3n) is 6.69. The van der Waals surface area contributed by atoms with Crippen LogP contribution < -0.4 is 18.9 Å². The monoisotopic (exact) mass is 589 g/mol. The molecule has 10 heteroatoms. The molecule has 0 spiro atoms. The van der Waals surface area contributed by atoms with Crippen LogP contribution in [0.4, 0.5) is 8.78 Å². The van der Waals surface area contributed by atoms with Crippen molar-refractivity contribution in [1.82, 2.24) is 4.98 Å². The van der Waals surface area contributed by atoms with Crippen LogP contribution in [0, 0.1) is 11.6 Å². The first-order valence-corrected chi connectivity index (χ1v) is 13.3. The van der Waals surface area contributed by atoms with E-state index in [4.69, 9.17) is 23.4 Å². The first kappa shape index (κ1) is 29.6. The molecule has 0 bridgehead atoms. The highest BCUT2D eigenvalue weighted by molar-refractivity contribution is 5.63. The van der Waals surface area contributed by atoms with Gasteiger partial charge in [0, 0.05) is 11.1 Å². The Bertz CT molecular complexity index is 1530. The van der Waals surface area contributed by atoms with Crippen molar-refractivity contribution in [2.75, 3.05) is 27.4 Å². The van der Waals surface area contributed by atoms with Crippen LogP contribution in [-0.2, 0) is 0 Å². The summed E-state index contributed by atoms with van der Waals surface area (Å²) in [5.74, 6) is 0.540. The Kier molecular flexibility index (Phi) is 9.19. The number of rotatable bonds is 12. The number of hydrogen-bond donors (Lipinski definition) is 2. The van der Waals surface area contributed by atoms with E-state index >= 15 is 0 Å². The van der Waals surface area contributed by atoms with Gasteiger partial charge in [0.05, 0.1) is 14.2 Å². The number of aromatic nitrogens is 1. The molecule has 0 fully saturated rings. The number of halogens is 2. The van der Waals surface area contributed by atoms with Gasteiger partial charge in [-0.3, -0.25) is 0 Å². The Morgan fingerprint density at radius 1 is 0.674 bits per heavy atom. The lowest BCUT2D eigenvalue weighted by molar-refractivity contribution is 0.108. The number of methoxy groups -OCH3 is 2. The third-order valence-corrected chi connectivity index (χ3v) is 6.69. The predicted molar refractivity (Wildman–Crippen MR) is 154 cm³/mol. The molecule has 43 heavy (non-hydrogen) atoms. The number of benzene rings is 4. The van der Waals surface area contributed by atoms with E-state index in [-0.39, 0.29) is 24.7 Å². The van der Waals surface area contributed by atoms with Crippen LogP contribution in [0.5, 0.6) is 23.0 Å². The van der Waals surface area contributed by atoms with Crippen LogP contribution in [-0.4, -0.2) is 42.6 Å². The van der Waals surface area contributed by atoms with Crippen molar-refractivity contribution in [2.24, 2.45) is 0 Å². The van der Waals surface area contributed by atoms with Gasteiger partial charge in [-0.1, -0.05) is 12.1 Å². The molecule has 1 aromatic heterocycles. The normalized spacial score (nSPS) is 12.4. The van der Waals surface area contributed by atoms with Gasteiger partial charge in [-0.05, 0) is 83.9 Å². The standard InChI is InChI=1S/C33H29F2NO7/c1-39-31-13-7-22(15-26(31)34)29(37)18-41-24-9-3-20(4-10-24)28-17-43-33(36-28)21-5-11-25(12-6-21)42-19-30(38)23-8-14-32(40-2)27(35)16-23/h3-17,29-30,37-38H,18-19H2,1-2H3. The third kappa shape index (κ3) is 7.11. The van der Waals surface area contributed by atoms with Gasteiger partial charge in [0.15, 0.2) is 23.1 Å². The van der Waals surface area contributed by atoms with E-state index in [0.717, 1.165) is 11.1 Å². The molecule has 0 saturated carbocycles. The van der Waals surface area contributed by atoms with E-state index in [2.05, 4.69) is 4.98 Å². The maximum atomic E-state index is 13.9. The highest BCUT2D eigenvalue weighted by Crippen LogP contribution is 2.29. The summed E-state index contributed by atoms with van der Waals surface area (Å²) in [5.41, 5.74) is 2.90. The Hall–Kier alpha value is -4.93. The highest BCUT2D eigenvalue weighted by Gasteiger charge is 2.15. The van der Waals surface area contributed by atoms with Crippen molar-refractivity contribution < 1.29 is 42.4 Å². The van der Waals surface area contributed by atoms with E-state index in [1.165, 1.54) is 38.5 Å². The lowest BCUT2D eigenvalue weighted by atomic mass is 10.1. The zero-order valence-corrected chi connectivity index (χ0v) is 23.4. The van der Waals surface area contributed by atoms with E-state index in [9.17, 15) is 19.0 Å². The molecule has 0 radical (unpaired) electrons. The van der Waals surface area contributed by atoms with Crippen molar-refractivity contribution in [3.05, 3.63) is 114 Å². The zero-order chi connectivity index (χ0) is 30.3. The second-order valence-electron chi connectivity index (χ2n) is 9.53. The average Bonchev–Trinajstić information content (AvgIpc) is 3.53. The smallest absolute Gasteiger partial charge is 0.226 e. The van der Waals surface area contributed by atoms with Crippen molar-refractivity contribution in [2.45, 2.75) is 12.2 Å². The molecular weight excluding hydrogens is 560 g/mol. The fraction of sp³-hybridized carbons (Fsp3) is 0.182. The number of oxazole rings is 1. The lowest BCUT2D eigenvalue weighted by Gasteiger charge is -2.14. The largest absolute Gasteiger partial charge is 0.494 e. The molecule has 0 aliphatic heterocycles. The van der Waals surface area contributed by atoms with Gasteiger partial charge in [0.25, 0.3) is 0 Å². The summed E-state index contributed by atoms with van der Waals surface area (Å²) in [5, 5.41) is 20.7. The summed E-state index contributed by atoms with van der Waals surface area (Å²) >= 11 is 0. The minimum absolute atomic E-state index is 0.0576. The van der Waals surface area contributed by atoms with Gasteiger partial charge in [0.1, 0.15) is 48.9 Å². The molecule has 0 saturated heterocycles. The Morgan fingerprint density at radius 3 is 1.58 bits per heavy atom. The minimum atomic E-state index is -1.02. The van der Waals surface area contributed by atoms with Gasteiger partial charge < -0.3 is 33.6 Å². The van der Waals surface area contributed by atoms with Crippen LogP contribution in [0.1, 0.15) is 23.3 Å². The Morgan fingerprint density at radius 2 is 1.14 bits per heavy atom. The predicted octanol–water partition coefficient (Wildman–Crippen LogP) is 6.53. The molecular formula is C33H29F2NO7. The Labute approximate surface area is 246 Å². The molecule has 0 amide bonds. The minimum Gasteiger partial charge on any atom is -0.494 e. The summed E-state index contributed by atoms with van der Waals surface area (Å²) in [6.07, 6.45) is -0.491. The lowest BCUT2D eigenvalue weighted by Crippen LogP contribution is -2.10. The highest BCUT2D eigenvalue weighted by atomic mass is 19.1. The molecule has 0 aliphatic rings. The quantitative estimate of drug-likeness (QED) is 0.169. The summed E-state index contributed by atoms with van der Waals surface area (Å²) in [6, 6.07) is 22.6. The van der Waals surface area contributed by atoms with Crippen LogP contribution in [0.15, 0.2) is 95.6 Å². The van der Waals surface area contributed by atoms with Crippen molar-refractivity contribution >= 4 is 0 Å². The van der Waals surface area contributed by atoms with Crippen LogP contribution >= 0.6 is 0 Å². The Balaban J connectivity index is 1.15. The summed E-state index contributed by atoms with van der Waals surface area (Å²) in [4.78, 5) is 4.56. The summed E-state index contributed by atoms with van der Waals surface area (Å²) in [6.45, 7) is -0.120. The fourth-order valence-corrected chi connectivity index (χ4v) is 4.28. The molecule has 2 N–H and O–H groups in total. The topological polar surface area (TPSA) is 103 Å². The number of ether oxygens (including phenoxy) is 4. The number of aliphatic hydroxyl groups is 2. The second-order valence-corrected chi connectivity index (χ2v) is 9.53. The SMILES string of the molecule is COc1ccc(C(O)COc2ccc(-c3coc(-c4ccc(OCC(O)c5ccc(OC)c(F)c5)cc4)n3)cc2)cc1F. The summed E-state index contributed by atoms with van der Waals surface area (Å²) in [7, 11) is 2.75. The maximum absolute atomic E-state index is 13.9. The van der Waals surface area contributed by atoms with Gasteiger partial charge in [-0.2, -0.15) is 0 Å².